The smallest absolute Gasteiger partial charge is 0.306 e. The molecule has 2 saturated carbocycles. The maximum Gasteiger partial charge on any atom is 0.306 e. The van der Waals surface area contributed by atoms with Crippen LogP contribution in [0.1, 0.15) is 112 Å². The number of fused-ring (bicyclic) bond motifs is 2. The fourth-order valence-electron chi connectivity index (χ4n) is 7.48. The van der Waals surface area contributed by atoms with Gasteiger partial charge in [0.05, 0.1) is 12.5 Å². The van der Waals surface area contributed by atoms with Gasteiger partial charge >= 0.3 is 11.9 Å². The molecule has 0 amide bonds. The van der Waals surface area contributed by atoms with Crippen LogP contribution in [0, 0.1) is 29.1 Å². The molecule has 1 spiro atoms. The van der Waals surface area contributed by atoms with Gasteiger partial charge in [0, 0.05) is 12.8 Å². The second-order valence-electron chi connectivity index (χ2n) is 13.4. The molecular formula is C32H50O7. The standard InChI is InChI=1S/C32H50O7/c1-7-9-11-13-24(33)38-27-21(4)18-32(36)26(27)29(39-25(34)14-12-10-8-2)31(19-37-31)16-15-22-23(30(22,5)6)17-20(3)28(32)35/h17,21-23,26-27,29,36H,7-16,18-19H2,1-6H3/b20-17-. The molecule has 8 unspecified atom stereocenters. The van der Waals surface area contributed by atoms with Crippen LogP contribution in [0.25, 0.3) is 0 Å². The van der Waals surface area contributed by atoms with Crippen molar-refractivity contribution >= 4 is 17.7 Å². The lowest BCUT2D eigenvalue weighted by Crippen LogP contribution is -2.56. The van der Waals surface area contributed by atoms with Crippen molar-refractivity contribution in [3.63, 3.8) is 0 Å². The Kier molecular flexibility index (Phi) is 9.02. The van der Waals surface area contributed by atoms with E-state index in [1.54, 1.807) is 6.92 Å². The SMILES string of the molecule is CCCCCC(=O)OC1C(C)CC2(O)C(=O)/C(C)=C\C3C(CCC4(CO4)C(OC(=O)CCCCC)C12)C3(C)C. The first-order chi connectivity index (χ1) is 18.4. The van der Waals surface area contributed by atoms with Crippen molar-refractivity contribution in [3.8, 4) is 0 Å². The fraction of sp³-hybridized carbons (Fsp3) is 0.844. The molecule has 0 aromatic rings. The van der Waals surface area contributed by atoms with Crippen molar-refractivity contribution in [2.75, 3.05) is 6.61 Å². The van der Waals surface area contributed by atoms with Crippen LogP contribution in [0.5, 0.6) is 0 Å². The molecule has 0 bridgehead atoms. The Bertz CT molecular complexity index is 964. The van der Waals surface area contributed by atoms with E-state index in [-0.39, 0.29) is 54.2 Å². The maximum atomic E-state index is 14.1. The first-order valence-electron chi connectivity index (χ1n) is 15.4. The van der Waals surface area contributed by atoms with Gasteiger partial charge in [-0.25, -0.2) is 0 Å². The predicted octanol–water partition coefficient (Wildman–Crippen LogP) is 5.71. The molecule has 220 valence electrons. The van der Waals surface area contributed by atoms with Crippen LogP contribution < -0.4 is 0 Å². The van der Waals surface area contributed by atoms with E-state index in [0.29, 0.717) is 24.5 Å². The Balaban J connectivity index is 1.72. The summed E-state index contributed by atoms with van der Waals surface area (Å²) in [6.45, 7) is 12.7. The summed E-state index contributed by atoms with van der Waals surface area (Å²) in [5.41, 5.74) is -2.01. The zero-order valence-electron chi connectivity index (χ0n) is 24.9. The van der Waals surface area contributed by atoms with Crippen molar-refractivity contribution in [1.29, 1.82) is 0 Å². The quantitative estimate of drug-likeness (QED) is 0.213. The number of Topliss-reactive ketones (excluding diaryl/α,β-unsaturated/α-hetero) is 1. The van der Waals surface area contributed by atoms with Gasteiger partial charge in [-0.1, -0.05) is 66.4 Å². The number of hydrogen-bond donors (Lipinski definition) is 1. The number of esters is 2. The molecule has 0 aromatic carbocycles. The third-order valence-corrected chi connectivity index (χ3v) is 10.2. The number of allylic oxidation sites excluding steroid dienone is 1. The molecule has 0 aromatic heterocycles. The molecule has 0 radical (unpaired) electrons. The molecule has 8 atom stereocenters. The molecule has 7 nitrogen and oxygen atoms in total. The van der Waals surface area contributed by atoms with Gasteiger partial charge in [0.15, 0.2) is 5.78 Å². The summed E-state index contributed by atoms with van der Waals surface area (Å²) >= 11 is 0. The summed E-state index contributed by atoms with van der Waals surface area (Å²) in [4.78, 5) is 40.2. The largest absolute Gasteiger partial charge is 0.461 e. The molecule has 1 heterocycles. The average Bonchev–Trinajstić information content (AvgIpc) is 3.73. The van der Waals surface area contributed by atoms with Crippen molar-refractivity contribution in [1.82, 2.24) is 0 Å². The van der Waals surface area contributed by atoms with Crippen LogP contribution in [-0.4, -0.2) is 52.8 Å². The third-order valence-electron chi connectivity index (χ3n) is 10.2. The predicted molar refractivity (Wildman–Crippen MR) is 148 cm³/mol. The van der Waals surface area contributed by atoms with Crippen molar-refractivity contribution in [3.05, 3.63) is 11.6 Å². The van der Waals surface area contributed by atoms with E-state index in [0.717, 1.165) is 44.9 Å². The number of epoxide rings is 1. The van der Waals surface area contributed by atoms with Gasteiger partial charge in [0.25, 0.3) is 0 Å². The second kappa shape index (κ2) is 11.6. The Hall–Kier alpha value is -1.73. The van der Waals surface area contributed by atoms with Gasteiger partial charge < -0.3 is 19.3 Å². The highest BCUT2D eigenvalue weighted by Gasteiger charge is 2.69. The summed E-state index contributed by atoms with van der Waals surface area (Å²) in [6.07, 6.45) is 7.94. The number of aliphatic hydroxyl groups is 1. The Morgan fingerprint density at radius 2 is 1.64 bits per heavy atom. The summed E-state index contributed by atoms with van der Waals surface area (Å²) in [5.74, 6) is -1.57. The van der Waals surface area contributed by atoms with E-state index in [4.69, 9.17) is 14.2 Å². The van der Waals surface area contributed by atoms with Gasteiger partial charge in [0.1, 0.15) is 23.4 Å². The van der Waals surface area contributed by atoms with Gasteiger partial charge in [-0.2, -0.15) is 0 Å². The normalized spacial score (nSPS) is 40.1. The lowest BCUT2D eigenvalue weighted by Gasteiger charge is -2.39. The molecule has 7 heteroatoms. The van der Waals surface area contributed by atoms with Crippen LogP contribution >= 0.6 is 0 Å². The van der Waals surface area contributed by atoms with E-state index < -0.39 is 29.3 Å². The molecule has 4 rings (SSSR count). The Morgan fingerprint density at radius 1 is 1.05 bits per heavy atom. The molecular weight excluding hydrogens is 496 g/mol. The number of hydrogen-bond acceptors (Lipinski definition) is 7. The number of rotatable bonds is 10. The lowest BCUT2D eigenvalue weighted by molar-refractivity contribution is -0.181. The number of carbonyl (C=O) groups excluding carboxylic acids is 3. The summed E-state index contributed by atoms with van der Waals surface area (Å²) in [6, 6.07) is 0. The zero-order chi connectivity index (χ0) is 28.6. The van der Waals surface area contributed by atoms with E-state index in [1.165, 1.54) is 0 Å². The van der Waals surface area contributed by atoms with Crippen LogP contribution in [0.2, 0.25) is 0 Å². The highest BCUT2D eigenvalue weighted by Crippen LogP contribution is 2.63. The van der Waals surface area contributed by atoms with Gasteiger partial charge in [-0.15, -0.1) is 0 Å². The molecule has 1 N–H and O–H groups in total. The number of unbranched alkanes of at least 4 members (excludes halogenated alkanes) is 4. The Labute approximate surface area is 234 Å². The highest BCUT2D eigenvalue weighted by molar-refractivity contribution is 6.02. The van der Waals surface area contributed by atoms with E-state index >= 15 is 0 Å². The molecule has 39 heavy (non-hydrogen) atoms. The Morgan fingerprint density at radius 3 is 2.21 bits per heavy atom. The van der Waals surface area contributed by atoms with Crippen LogP contribution in [-0.2, 0) is 28.6 Å². The fourth-order valence-corrected chi connectivity index (χ4v) is 7.48. The highest BCUT2D eigenvalue weighted by atomic mass is 16.6. The van der Waals surface area contributed by atoms with Gasteiger partial charge in [-0.3, -0.25) is 14.4 Å². The summed E-state index contributed by atoms with van der Waals surface area (Å²) in [7, 11) is 0. The summed E-state index contributed by atoms with van der Waals surface area (Å²) < 4.78 is 18.4. The number of ketones is 1. The second-order valence-corrected chi connectivity index (χ2v) is 13.4. The summed E-state index contributed by atoms with van der Waals surface area (Å²) in [5, 5.41) is 12.3. The van der Waals surface area contributed by atoms with E-state index in [1.807, 2.05) is 13.0 Å². The minimum Gasteiger partial charge on any atom is -0.461 e. The average molecular weight is 547 g/mol. The molecule has 4 aliphatic rings. The van der Waals surface area contributed by atoms with Crippen LogP contribution in [0.4, 0.5) is 0 Å². The van der Waals surface area contributed by atoms with Gasteiger partial charge in [0.2, 0.25) is 0 Å². The topological polar surface area (TPSA) is 102 Å². The van der Waals surface area contributed by atoms with Crippen molar-refractivity contribution in [2.45, 2.75) is 136 Å². The van der Waals surface area contributed by atoms with Crippen molar-refractivity contribution in [2.24, 2.45) is 29.1 Å². The molecule has 3 aliphatic carbocycles. The zero-order valence-corrected chi connectivity index (χ0v) is 24.9. The van der Waals surface area contributed by atoms with Crippen LogP contribution in [0.15, 0.2) is 11.6 Å². The number of carbonyl (C=O) groups is 3. The van der Waals surface area contributed by atoms with Crippen LogP contribution in [0.3, 0.4) is 0 Å². The maximum absolute atomic E-state index is 14.1. The molecule has 3 fully saturated rings. The molecule has 1 aliphatic heterocycles. The first kappa shape index (κ1) is 30.2. The monoisotopic (exact) mass is 546 g/mol. The van der Waals surface area contributed by atoms with Crippen molar-refractivity contribution < 1.29 is 33.7 Å². The lowest BCUT2D eigenvalue weighted by atomic mass is 9.74. The first-order valence-corrected chi connectivity index (χ1v) is 15.4. The third kappa shape index (κ3) is 6.00. The van der Waals surface area contributed by atoms with E-state index in [9.17, 15) is 19.5 Å². The minimum absolute atomic E-state index is 0.0602. The molecule has 1 saturated heterocycles. The van der Waals surface area contributed by atoms with E-state index in [2.05, 4.69) is 27.7 Å². The minimum atomic E-state index is -1.82. The number of ether oxygens (including phenoxy) is 3. The van der Waals surface area contributed by atoms with Gasteiger partial charge in [-0.05, 0) is 67.8 Å².